The van der Waals surface area contributed by atoms with Crippen molar-refractivity contribution in [3.63, 3.8) is 0 Å². The average molecular weight is 606 g/mol. The molecule has 232 valence electrons. The molecule has 43 heavy (non-hydrogen) atoms. The van der Waals surface area contributed by atoms with E-state index >= 15 is 0 Å². The van der Waals surface area contributed by atoms with Crippen molar-refractivity contribution in [2.45, 2.75) is 65.4 Å². The Balaban J connectivity index is 0.000000257. The number of aliphatic carboxylic acids is 1. The minimum atomic E-state index is -0.992. The molecule has 0 spiro atoms. The summed E-state index contributed by atoms with van der Waals surface area (Å²) in [7, 11) is 0. The predicted molar refractivity (Wildman–Crippen MR) is 179 cm³/mol. The lowest BCUT2D eigenvalue weighted by Crippen LogP contribution is -2.36. The first-order valence-electron chi connectivity index (χ1n) is 15.0. The maximum atomic E-state index is 11.6. The van der Waals surface area contributed by atoms with Gasteiger partial charge in [0.2, 0.25) is 0 Å². The summed E-state index contributed by atoms with van der Waals surface area (Å²) < 4.78 is 11.1. The van der Waals surface area contributed by atoms with Crippen molar-refractivity contribution < 1.29 is 19.4 Å². The smallest absolute Gasteiger partial charge is 0.345 e. The molecule has 1 atom stereocenters. The van der Waals surface area contributed by atoms with Crippen LogP contribution < -0.4 is 20.5 Å². The molecule has 1 unspecified atom stereocenters. The third-order valence-electron chi connectivity index (χ3n) is 7.24. The molecule has 1 fully saturated rings. The van der Waals surface area contributed by atoms with Crippen molar-refractivity contribution in [2.75, 3.05) is 31.6 Å². The molecule has 3 aromatic rings. The van der Waals surface area contributed by atoms with Crippen molar-refractivity contribution in [3.05, 3.63) is 89.5 Å². The highest BCUT2D eigenvalue weighted by Gasteiger charge is 2.25. The Kier molecular flexibility index (Phi) is 12.8. The summed E-state index contributed by atoms with van der Waals surface area (Å²) in [6, 6.07) is 23.1. The van der Waals surface area contributed by atoms with E-state index in [1.54, 1.807) is 0 Å². The van der Waals surface area contributed by atoms with E-state index in [4.69, 9.17) is 27.4 Å². The van der Waals surface area contributed by atoms with Gasteiger partial charge in [-0.05, 0) is 97.3 Å². The molecule has 1 saturated carbocycles. The maximum absolute atomic E-state index is 11.6. The zero-order chi connectivity index (χ0) is 31.4. The number of carboxylic acids is 1. The average Bonchev–Trinajstić information content (AvgIpc) is 3.81. The van der Waals surface area contributed by atoms with Crippen LogP contribution in [0.1, 0.15) is 57.2 Å². The Morgan fingerprint density at radius 2 is 1.67 bits per heavy atom. The van der Waals surface area contributed by atoms with Gasteiger partial charge >= 0.3 is 5.97 Å². The highest BCUT2D eigenvalue weighted by atomic mass is 32.1. The number of carbonyl (C=O) groups is 1. The molecule has 7 nitrogen and oxygen atoms in total. The minimum Gasteiger partial charge on any atom is -0.492 e. The predicted octanol–water partition coefficient (Wildman–Crippen LogP) is 6.82. The molecule has 0 saturated heterocycles. The van der Waals surface area contributed by atoms with Crippen LogP contribution in [0.2, 0.25) is 0 Å². The van der Waals surface area contributed by atoms with Crippen LogP contribution in [0.3, 0.4) is 0 Å². The summed E-state index contributed by atoms with van der Waals surface area (Å²) in [5.41, 5.74) is 9.83. The Morgan fingerprint density at radius 1 is 1.05 bits per heavy atom. The summed E-state index contributed by atoms with van der Waals surface area (Å²) in [6.45, 7) is 13.6. The summed E-state index contributed by atoms with van der Waals surface area (Å²) in [5.74, 6) is 1.14. The second-order valence-electron chi connectivity index (χ2n) is 11.9. The number of anilines is 1. The van der Waals surface area contributed by atoms with Crippen LogP contribution in [-0.4, -0.2) is 53.4 Å². The second kappa shape index (κ2) is 16.3. The number of aryl methyl sites for hydroxylation is 1. The maximum Gasteiger partial charge on any atom is 0.345 e. The first-order valence-corrected chi connectivity index (χ1v) is 15.4. The zero-order valence-electron chi connectivity index (χ0n) is 26.1. The van der Waals surface area contributed by atoms with Crippen molar-refractivity contribution in [2.24, 2.45) is 11.7 Å². The van der Waals surface area contributed by atoms with Crippen molar-refractivity contribution >= 4 is 29.0 Å². The molecular formula is C35H47N3O4S. The molecule has 4 N–H and O–H groups in total. The summed E-state index contributed by atoms with van der Waals surface area (Å²) in [4.78, 5) is 13.8. The number of ether oxygens (including phenoxy) is 2. The number of benzene rings is 3. The van der Waals surface area contributed by atoms with Crippen LogP contribution in [0.25, 0.3) is 0 Å². The minimum absolute atomic E-state index is 0.0401. The summed E-state index contributed by atoms with van der Waals surface area (Å²) in [5, 5.41) is 13.7. The molecule has 8 heteroatoms. The Hall–Kier alpha value is -3.62. The van der Waals surface area contributed by atoms with Gasteiger partial charge in [-0.1, -0.05) is 63.2 Å². The highest BCUT2D eigenvalue weighted by Crippen LogP contribution is 2.30. The fourth-order valence-electron chi connectivity index (χ4n) is 4.36. The molecule has 0 heterocycles. The van der Waals surface area contributed by atoms with Crippen molar-refractivity contribution in [3.8, 4) is 11.5 Å². The monoisotopic (exact) mass is 605 g/mol. The van der Waals surface area contributed by atoms with Gasteiger partial charge in [-0.2, -0.15) is 0 Å². The van der Waals surface area contributed by atoms with E-state index in [9.17, 15) is 9.90 Å². The lowest BCUT2D eigenvalue weighted by molar-refractivity contribution is -0.145. The SMILES string of the molecule is CC(C)(C)c1ccc(OC(Cc2ccc(OCCN)cc2)C(=O)O)cc1.CCN(CC1CC1)C(=S)Nc1ccccc1C. The van der Waals surface area contributed by atoms with Gasteiger partial charge in [0, 0.05) is 31.7 Å². The quantitative estimate of drug-likeness (QED) is 0.194. The van der Waals surface area contributed by atoms with Gasteiger partial charge in [0.25, 0.3) is 0 Å². The third-order valence-corrected chi connectivity index (χ3v) is 7.60. The van der Waals surface area contributed by atoms with Crippen LogP contribution in [0.5, 0.6) is 11.5 Å². The number of hydrogen-bond acceptors (Lipinski definition) is 5. The van der Waals surface area contributed by atoms with Crippen molar-refractivity contribution in [1.82, 2.24) is 4.90 Å². The largest absolute Gasteiger partial charge is 0.492 e. The molecule has 0 amide bonds. The van der Waals surface area contributed by atoms with Crippen LogP contribution in [0.15, 0.2) is 72.8 Å². The summed E-state index contributed by atoms with van der Waals surface area (Å²) in [6.07, 6.45) is 2.05. The van der Waals surface area contributed by atoms with E-state index in [0.29, 0.717) is 24.7 Å². The van der Waals surface area contributed by atoms with Gasteiger partial charge < -0.3 is 30.5 Å². The second-order valence-corrected chi connectivity index (χ2v) is 12.3. The number of thiocarbonyl (C=S) groups is 1. The molecule has 4 rings (SSSR count). The van der Waals surface area contributed by atoms with E-state index in [1.807, 2.05) is 60.7 Å². The number of hydrogen-bond donors (Lipinski definition) is 3. The molecule has 1 aliphatic carbocycles. The number of nitrogens with two attached hydrogens (primary N) is 1. The fraction of sp³-hybridized carbons (Fsp3) is 0.429. The molecule has 0 radical (unpaired) electrons. The Bertz CT molecular complexity index is 1300. The van der Waals surface area contributed by atoms with Crippen LogP contribution in [0.4, 0.5) is 5.69 Å². The Labute approximate surface area is 262 Å². The topological polar surface area (TPSA) is 97.0 Å². The van der Waals surface area contributed by atoms with Crippen LogP contribution in [0, 0.1) is 12.8 Å². The molecular weight excluding hydrogens is 558 g/mol. The van der Waals surface area contributed by atoms with E-state index in [-0.39, 0.29) is 11.8 Å². The van der Waals surface area contributed by atoms with E-state index < -0.39 is 12.1 Å². The molecule has 0 aromatic heterocycles. The molecule has 0 bridgehead atoms. The van der Waals surface area contributed by atoms with Crippen molar-refractivity contribution in [1.29, 1.82) is 0 Å². The lowest BCUT2D eigenvalue weighted by atomic mass is 9.87. The number of nitrogens with one attached hydrogen (secondary N) is 1. The summed E-state index contributed by atoms with van der Waals surface area (Å²) >= 11 is 5.48. The van der Waals surface area contributed by atoms with Crippen LogP contribution in [-0.2, 0) is 16.6 Å². The normalized spacial score (nSPS) is 13.3. The Morgan fingerprint density at radius 3 is 2.21 bits per heavy atom. The number of para-hydroxylation sites is 1. The first-order chi connectivity index (χ1) is 20.5. The molecule has 3 aromatic carbocycles. The van der Waals surface area contributed by atoms with Gasteiger partial charge in [-0.3, -0.25) is 0 Å². The van der Waals surface area contributed by atoms with Crippen LogP contribution >= 0.6 is 12.2 Å². The van der Waals surface area contributed by atoms with E-state index in [1.165, 1.54) is 24.0 Å². The fourth-order valence-corrected chi connectivity index (χ4v) is 4.68. The van der Waals surface area contributed by atoms with Gasteiger partial charge in [0.05, 0.1) is 0 Å². The zero-order valence-corrected chi connectivity index (χ0v) is 27.0. The van der Waals surface area contributed by atoms with Gasteiger partial charge in [-0.25, -0.2) is 4.79 Å². The number of nitrogens with zero attached hydrogens (tertiary/aromatic N) is 1. The van der Waals surface area contributed by atoms with Gasteiger partial charge in [0.1, 0.15) is 18.1 Å². The standard InChI is InChI=1S/C21H27NO4.C14H20N2S/c1-21(2,3)16-6-10-18(11-7-16)26-19(20(23)24)14-15-4-8-17(9-5-15)25-13-12-22;1-3-16(10-12-8-9-12)14(17)15-13-7-5-4-6-11(13)2/h4-11,19H,12-14,22H2,1-3H3,(H,23,24);4-7,12H,3,8-10H2,1-2H3,(H,15,17). The molecule has 1 aliphatic rings. The number of carboxylic acid groups (broad SMARTS) is 1. The molecule has 0 aliphatic heterocycles. The van der Waals surface area contributed by atoms with E-state index in [2.05, 4.69) is 57.0 Å². The highest BCUT2D eigenvalue weighted by molar-refractivity contribution is 7.80. The number of rotatable bonds is 12. The first kappa shape index (κ1) is 33.9. The third kappa shape index (κ3) is 11.5. The lowest BCUT2D eigenvalue weighted by Gasteiger charge is -2.24. The van der Waals surface area contributed by atoms with E-state index in [0.717, 1.165) is 35.4 Å². The van der Waals surface area contributed by atoms with Gasteiger partial charge in [-0.15, -0.1) is 0 Å². The van der Waals surface area contributed by atoms with Gasteiger partial charge in [0.15, 0.2) is 11.2 Å².